The Morgan fingerprint density at radius 2 is 1.12 bits per heavy atom. The van der Waals surface area contributed by atoms with Crippen molar-refractivity contribution in [3.8, 4) is 50.6 Å². The molecule has 0 atom stereocenters. The van der Waals surface area contributed by atoms with Gasteiger partial charge >= 0.3 is 0 Å². The van der Waals surface area contributed by atoms with Gasteiger partial charge in [0.1, 0.15) is 0 Å². The fourth-order valence-corrected chi connectivity index (χ4v) is 5.06. The molecule has 0 aromatic heterocycles. The summed E-state index contributed by atoms with van der Waals surface area (Å²) in [6, 6.07) is 42.7. The third-order valence-electron chi connectivity index (χ3n) is 6.56. The summed E-state index contributed by atoms with van der Waals surface area (Å²) in [6.07, 6.45) is 0.912. The van der Waals surface area contributed by atoms with Gasteiger partial charge in [-0.05, 0) is 80.3 Å². The second-order valence-corrected chi connectivity index (χ2v) is 8.46. The van der Waals surface area contributed by atoms with Crippen LogP contribution < -0.4 is 0 Å². The number of hydrogen-bond acceptors (Lipinski definition) is 1. The van der Waals surface area contributed by atoms with Crippen LogP contribution >= 0.6 is 0 Å². The van der Waals surface area contributed by atoms with E-state index in [9.17, 15) is 5.26 Å². The molecule has 0 fully saturated rings. The highest BCUT2D eigenvalue weighted by atomic mass is 14.3. The molecule has 1 nitrogen and oxygen atoms in total. The van der Waals surface area contributed by atoms with E-state index in [0.29, 0.717) is 5.56 Å². The molecule has 0 unspecified atom stereocenters. The lowest BCUT2D eigenvalue weighted by Crippen LogP contribution is -1.97. The fourth-order valence-electron chi connectivity index (χ4n) is 5.06. The second kappa shape index (κ2) is 7.93. The Bertz CT molecular complexity index is 1510. The zero-order chi connectivity index (χ0) is 22.2. The molecule has 0 heterocycles. The van der Waals surface area contributed by atoms with Gasteiger partial charge in [0.05, 0.1) is 11.6 Å². The lowest BCUT2D eigenvalue weighted by Gasteiger charge is -2.21. The molecule has 1 aliphatic carbocycles. The van der Waals surface area contributed by atoms with Gasteiger partial charge in [-0.1, -0.05) is 97.1 Å². The molecule has 5 aromatic carbocycles. The first kappa shape index (κ1) is 19.3. The highest BCUT2D eigenvalue weighted by molar-refractivity contribution is 6.01. The van der Waals surface area contributed by atoms with Gasteiger partial charge < -0.3 is 0 Å². The zero-order valence-electron chi connectivity index (χ0n) is 18.1. The van der Waals surface area contributed by atoms with Gasteiger partial charge in [-0.25, -0.2) is 0 Å². The smallest absolute Gasteiger partial charge is 0.0991 e. The van der Waals surface area contributed by atoms with Crippen LogP contribution in [0.15, 0.2) is 115 Å². The molecule has 1 heteroatoms. The summed E-state index contributed by atoms with van der Waals surface area (Å²) in [5.74, 6) is 0. The Hall–Kier alpha value is -4.41. The average molecular weight is 420 g/mol. The highest BCUT2D eigenvalue weighted by Crippen LogP contribution is 2.50. The van der Waals surface area contributed by atoms with Crippen LogP contribution in [0.2, 0.25) is 0 Å². The summed E-state index contributed by atoms with van der Waals surface area (Å²) in [6.45, 7) is 0. The van der Waals surface area contributed by atoms with Crippen LogP contribution in [0, 0.1) is 11.3 Å². The first-order valence-corrected chi connectivity index (χ1v) is 11.2. The third kappa shape index (κ3) is 3.25. The van der Waals surface area contributed by atoms with Crippen molar-refractivity contribution in [2.75, 3.05) is 0 Å². The summed E-state index contributed by atoms with van der Waals surface area (Å²) < 4.78 is 0. The van der Waals surface area contributed by atoms with E-state index >= 15 is 0 Å². The first-order chi connectivity index (χ1) is 16.3. The minimum Gasteiger partial charge on any atom is -0.192 e. The third-order valence-corrected chi connectivity index (χ3v) is 6.56. The van der Waals surface area contributed by atoms with E-state index in [1.807, 2.05) is 12.1 Å². The highest BCUT2D eigenvalue weighted by Gasteiger charge is 2.27. The quantitative estimate of drug-likeness (QED) is 0.284. The van der Waals surface area contributed by atoms with Gasteiger partial charge in [-0.3, -0.25) is 0 Å². The lowest BCUT2D eigenvalue weighted by atomic mass is 9.82. The van der Waals surface area contributed by atoms with Crippen molar-refractivity contribution in [1.29, 1.82) is 5.26 Å². The summed E-state index contributed by atoms with van der Waals surface area (Å²) in [4.78, 5) is 0. The molecule has 0 radical (unpaired) electrons. The van der Waals surface area contributed by atoms with Crippen molar-refractivity contribution in [3.05, 3.63) is 132 Å². The van der Waals surface area contributed by atoms with Crippen LogP contribution in [-0.4, -0.2) is 0 Å². The Morgan fingerprint density at radius 3 is 1.82 bits per heavy atom. The summed E-state index contributed by atoms with van der Waals surface area (Å²) in [5.41, 5.74) is 13.3. The zero-order valence-corrected chi connectivity index (χ0v) is 18.1. The standard InChI is InChI=1S/C32H21N/c33-21-22-15-17-25(18-16-22)32-30-19-26-13-7-8-14-27(26)29(30)20-28(23-9-3-1-4-10-23)31(32)24-11-5-2-6-12-24/h1-18,20H,19H2. The van der Waals surface area contributed by atoms with Gasteiger partial charge in [0.15, 0.2) is 0 Å². The van der Waals surface area contributed by atoms with Crippen molar-refractivity contribution in [2.24, 2.45) is 0 Å². The van der Waals surface area contributed by atoms with Crippen molar-refractivity contribution in [3.63, 3.8) is 0 Å². The van der Waals surface area contributed by atoms with E-state index in [1.54, 1.807) is 0 Å². The molecule has 5 aromatic rings. The Kier molecular flexibility index (Phi) is 4.64. The van der Waals surface area contributed by atoms with Gasteiger partial charge in [0, 0.05) is 0 Å². The maximum atomic E-state index is 9.35. The molecule has 6 rings (SSSR count). The predicted octanol–water partition coefficient (Wildman–Crippen LogP) is 8.13. The van der Waals surface area contributed by atoms with Crippen molar-refractivity contribution < 1.29 is 0 Å². The van der Waals surface area contributed by atoms with E-state index in [4.69, 9.17) is 0 Å². The van der Waals surface area contributed by atoms with Gasteiger partial charge in [-0.2, -0.15) is 5.26 Å². The molecule has 0 spiro atoms. The molecule has 0 amide bonds. The molecule has 0 saturated heterocycles. The largest absolute Gasteiger partial charge is 0.192 e. The minimum absolute atomic E-state index is 0.680. The Morgan fingerprint density at radius 1 is 0.515 bits per heavy atom. The van der Waals surface area contributed by atoms with Crippen LogP contribution in [0.3, 0.4) is 0 Å². The van der Waals surface area contributed by atoms with Crippen LogP contribution in [0.4, 0.5) is 0 Å². The molecule has 0 saturated carbocycles. The molecular weight excluding hydrogens is 398 g/mol. The van der Waals surface area contributed by atoms with Crippen LogP contribution in [0.5, 0.6) is 0 Å². The van der Waals surface area contributed by atoms with Crippen molar-refractivity contribution in [2.45, 2.75) is 6.42 Å². The SMILES string of the molecule is N#Cc1ccc(-c2c3c(cc(-c4ccccc4)c2-c2ccccc2)-c2ccccc2C3)cc1. The molecule has 154 valence electrons. The fraction of sp³-hybridized carbons (Fsp3) is 0.0312. The molecular formula is C32H21N. The number of benzene rings is 5. The number of hydrogen-bond donors (Lipinski definition) is 0. The summed E-state index contributed by atoms with van der Waals surface area (Å²) >= 11 is 0. The lowest BCUT2D eigenvalue weighted by molar-refractivity contribution is 1.26. The molecule has 33 heavy (non-hydrogen) atoms. The summed E-state index contributed by atoms with van der Waals surface area (Å²) in [7, 11) is 0. The van der Waals surface area contributed by atoms with E-state index in [-0.39, 0.29) is 0 Å². The average Bonchev–Trinajstić information content (AvgIpc) is 3.27. The van der Waals surface area contributed by atoms with E-state index in [0.717, 1.165) is 12.0 Å². The van der Waals surface area contributed by atoms with Gasteiger partial charge in [0.2, 0.25) is 0 Å². The number of fused-ring (bicyclic) bond motifs is 3. The maximum absolute atomic E-state index is 9.35. The second-order valence-electron chi connectivity index (χ2n) is 8.46. The van der Waals surface area contributed by atoms with Gasteiger partial charge in [0.25, 0.3) is 0 Å². The van der Waals surface area contributed by atoms with E-state index < -0.39 is 0 Å². The van der Waals surface area contributed by atoms with E-state index in [1.165, 1.54) is 50.1 Å². The molecule has 0 aliphatic heterocycles. The number of rotatable bonds is 3. The Labute approximate surface area is 194 Å². The summed E-state index contributed by atoms with van der Waals surface area (Å²) in [5, 5.41) is 9.35. The Balaban J connectivity index is 1.75. The van der Waals surface area contributed by atoms with Crippen molar-refractivity contribution >= 4 is 0 Å². The van der Waals surface area contributed by atoms with Gasteiger partial charge in [-0.15, -0.1) is 0 Å². The molecule has 0 bridgehead atoms. The molecule has 0 N–H and O–H groups in total. The van der Waals surface area contributed by atoms with E-state index in [2.05, 4.69) is 109 Å². The number of nitriles is 1. The minimum atomic E-state index is 0.680. The molecule has 1 aliphatic rings. The maximum Gasteiger partial charge on any atom is 0.0991 e. The van der Waals surface area contributed by atoms with Crippen LogP contribution in [0.25, 0.3) is 44.5 Å². The van der Waals surface area contributed by atoms with Crippen LogP contribution in [0.1, 0.15) is 16.7 Å². The van der Waals surface area contributed by atoms with Crippen LogP contribution in [-0.2, 0) is 6.42 Å². The first-order valence-electron chi connectivity index (χ1n) is 11.2. The topological polar surface area (TPSA) is 23.8 Å². The normalized spacial score (nSPS) is 11.5. The predicted molar refractivity (Wildman–Crippen MR) is 136 cm³/mol. The van der Waals surface area contributed by atoms with Crippen molar-refractivity contribution in [1.82, 2.24) is 0 Å². The monoisotopic (exact) mass is 419 g/mol. The number of nitrogens with zero attached hydrogens (tertiary/aromatic N) is 1.